The number of rotatable bonds is 2. The lowest BCUT2D eigenvalue weighted by molar-refractivity contribution is 0.421. The fraction of sp³-hybridized carbons (Fsp3) is 0.0769. The summed E-state index contributed by atoms with van der Waals surface area (Å²) < 4.78 is 39.7. The van der Waals surface area contributed by atoms with Crippen molar-refractivity contribution < 1.29 is 13.2 Å². The first-order chi connectivity index (χ1) is 8.44. The average molecular weight is 252 g/mol. The Labute approximate surface area is 102 Å². The van der Waals surface area contributed by atoms with Crippen LogP contribution in [0.5, 0.6) is 0 Å². The molecule has 0 atom stereocenters. The van der Waals surface area contributed by atoms with E-state index in [1.54, 1.807) is 30.3 Å². The Morgan fingerprint density at radius 2 is 1.39 bits per heavy atom. The molecule has 2 nitrogen and oxygen atoms in total. The highest BCUT2D eigenvalue weighted by Crippen LogP contribution is 2.26. The van der Waals surface area contributed by atoms with Gasteiger partial charge in [-0.2, -0.15) is 0 Å². The smallest absolute Gasteiger partial charge is 0.194 e. The summed E-state index contributed by atoms with van der Waals surface area (Å²) in [6.45, 7) is 0. The first-order valence-electron chi connectivity index (χ1n) is 5.22. The minimum absolute atomic E-state index is 0.299. The highest BCUT2D eigenvalue weighted by Gasteiger charge is 2.30. The zero-order valence-electron chi connectivity index (χ0n) is 9.33. The van der Waals surface area contributed by atoms with Gasteiger partial charge in [-0.3, -0.25) is 0 Å². The first-order valence-corrected chi connectivity index (χ1v) is 5.22. The molecule has 0 saturated carbocycles. The van der Waals surface area contributed by atoms with E-state index in [2.05, 4.69) is 0 Å². The quantitative estimate of drug-likeness (QED) is 0.636. The van der Waals surface area contributed by atoms with Gasteiger partial charge in [0.1, 0.15) is 5.66 Å². The van der Waals surface area contributed by atoms with Gasteiger partial charge in [0.15, 0.2) is 17.5 Å². The van der Waals surface area contributed by atoms with Crippen LogP contribution < -0.4 is 11.5 Å². The van der Waals surface area contributed by atoms with Gasteiger partial charge >= 0.3 is 0 Å². The van der Waals surface area contributed by atoms with Gasteiger partial charge in [-0.15, -0.1) is 0 Å². The molecule has 94 valence electrons. The van der Waals surface area contributed by atoms with Crippen LogP contribution in [0.25, 0.3) is 0 Å². The van der Waals surface area contributed by atoms with Gasteiger partial charge in [0, 0.05) is 5.56 Å². The van der Waals surface area contributed by atoms with Crippen molar-refractivity contribution in [1.29, 1.82) is 0 Å². The molecule has 4 N–H and O–H groups in total. The fourth-order valence-electron chi connectivity index (χ4n) is 1.71. The van der Waals surface area contributed by atoms with Gasteiger partial charge in [-0.05, 0) is 17.7 Å². The van der Waals surface area contributed by atoms with Crippen LogP contribution in [-0.2, 0) is 5.66 Å². The molecular formula is C13H11F3N2. The zero-order chi connectivity index (χ0) is 13.3. The molecular weight excluding hydrogens is 241 g/mol. The van der Waals surface area contributed by atoms with Crippen LogP contribution in [-0.4, -0.2) is 0 Å². The summed E-state index contributed by atoms with van der Waals surface area (Å²) in [6.07, 6.45) is 0. The minimum atomic E-state index is -1.72. The summed E-state index contributed by atoms with van der Waals surface area (Å²) in [6, 6.07) is 10.1. The van der Waals surface area contributed by atoms with Crippen LogP contribution in [0, 0.1) is 17.5 Å². The molecule has 5 heteroatoms. The Morgan fingerprint density at radius 3 is 2.00 bits per heavy atom. The van der Waals surface area contributed by atoms with Crippen LogP contribution >= 0.6 is 0 Å². The summed E-state index contributed by atoms with van der Waals surface area (Å²) in [5, 5.41) is 0. The van der Waals surface area contributed by atoms with Gasteiger partial charge in [0.25, 0.3) is 0 Å². The van der Waals surface area contributed by atoms with E-state index < -0.39 is 23.1 Å². The number of halogens is 3. The van der Waals surface area contributed by atoms with Crippen LogP contribution in [0.3, 0.4) is 0 Å². The topological polar surface area (TPSA) is 52.0 Å². The second-order valence-corrected chi connectivity index (χ2v) is 3.96. The molecule has 2 aromatic carbocycles. The molecule has 0 spiro atoms. The van der Waals surface area contributed by atoms with E-state index in [9.17, 15) is 13.2 Å². The predicted molar refractivity (Wildman–Crippen MR) is 61.9 cm³/mol. The van der Waals surface area contributed by atoms with E-state index in [1.807, 2.05) is 0 Å². The Balaban J connectivity index is 2.58. The third kappa shape index (κ3) is 1.98. The maximum Gasteiger partial charge on any atom is 0.194 e. The summed E-state index contributed by atoms with van der Waals surface area (Å²) in [7, 11) is 0. The van der Waals surface area contributed by atoms with Crippen molar-refractivity contribution in [2.75, 3.05) is 0 Å². The molecule has 0 unspecified atom stereocenters. The normalized spacial score (nSPS) is 11.6. The summed E-state index contributed by atoms with van der Waals surface area (Å²) in [5.41, 5.74) is 10.0. The molecule has 18 heavy (non-hydrogen) atoms. The summed E-state index contributed by atoms with van der Waals surface area (Å²) in [4.78, 5) is 0. The molecule has 0 aromatic heterocycles. The highest BCUT2D eigenvalue weighted by molar-refractivity contribution is 5.37. The molecule has 0 fully saturated rings. The molecule has 0 aliphatic rings. The molecule has 2 rings (SSSR count). The van der Waals surface area contributed by atoms with E-state index in [1.165, 1.54) is 0 Å². The molecule has 0 bridgehead atoms. The largest absolute Gasteiger partial charge is 0.306 e. The third-order valence-electron chi connectivity index (χ3n) is 2.73. The number of benzene rings is 2. The lowest BCUT2D eigenvalue weighted by Crippen LogP contribution is -2.48. The Hall–Kier alpha value is -1.85. The van der Waals surface area contributed by atoms with Crippen LogP contribution in [0.2, 0.25) is 0 Å². The van der Waals surface area contributed by atoms with E-state index >= 15 is 0 Å². The lowest BCUT2D eigenvalue weighted by atomic mass is 9.92. The van der Waals surface area contributed by atoms with Gasteiger partial charge in [-0.1, -0.05) is 30.3 Å². The van der Waals surface area contributed by atoms with Crippen LogP contribution in [0.4, 0.5) is 13.2 Å². The Bertz CT molecular complexity index is 568. The van der Waals surface area contributed by atoms with Gasteiger partial charge in [0.2, 0.25) is 0 Å². The molecule has 2 aromatic rings. The SMILES string of the molecule is NC(N)(c1ccccc1)c1ccc(F)c(F)c1F. The second-order valence-electron chi connectivity index (χ2n) is 3.96. The monoisotopic (exact) mass is 252 g/mol. The van der Waals surface area contributed by atoms with Crippen LogP contribution in [0.1, 0.15) is 11.1 Å². The van der Waals surface area contributed by atoms with Crippen molar-refractivity contribution in [3.05, 3.63) is 71.0 Å². The zero-order valence-corrected chi connectivity index (χ0v) is 9.33. The molecule has 0 aliphatic heterocycles. The van der Waals surface area contributed by atoms with E-state index in [0.717, 1.165) is 12.1 Å². The van der Waals surface area contributed by atoms with Gasteiger partial charge in [-0.25, -0.2) is 13.2 Å². The molecule has 0 heterocycles. The van der Waals surface area contributed by atoms with E-state index in [-0.39, 0.29) is 5.56 Å². The molecule has 0 radical (unpaired) electrons. The maximum atomic E-state index is 13.7. The molecule has 0 aliphatic carbocycles. The van der Waals surface area contributed by atoms with Crippen molar-refractivity contribution >= 4 is 0 Å². The molecule has 0 saturated heterocycles. The van der Waals surface area contributed by atoms with Crippen molar-refractivity contribution in [3.8, 4) is 0 Å². The maximum absolute atomic E-state index is 13.7. The summed E-state index contributed by atoms with van der Waals surface area (Å²) >= 11 is 0. The molecule has 0 amide bonds. The number of hydrogen-bond acceptors (Lipinski definition) is 2. The van der Waals surface area contributed by atoms with Gasteiger partial charge in [0.05, 0.1) is 0 Å². The number of nitrogens with two attached hydrogens (primary N) is 2. The second kappa shape index (κ2) is 4.44. The van der Waals surface area contributed by atoms with E-state index in [0.29, 0.717) is 5.56 Å². The standard InChI is InChI=1S/C13H11F3N2/c14-10-7-6-9(11(15)12(10)16)13(17,18)8-4-2-1-3-5-8/h1-7H,17-18H2. The minimum Gasteiger partial charge on any atom is -0.306 e. The average Bonchev–Trinajstić information content (AvgIpc) is 2.37. The van der Waals surface area contributed by atoms with Gasteiger partial charge < -0.3 is 11.5 Å². The summed E-state index contributed by atoms with van der Waals surface area (Å²) in [5.74, 6) is -4.23. The van der Waals surface area contributed by atoms with Crippen molar-refractivity contribution in [3.63, 3.8) is 0 Å². The number of hydrogen-bond donors (Lipinski definition) is 2. The van der Waals surface area contributed by atoms with Crippen LogP contribution in [0.15, 0.2) is 42.5 Å². The van der Waals surface area contributed by atoms with Crippen molar-refractivity contribution in [2.24, 2.45) is 11.5 Å². The first kappa shape index (κ1) is 12.6. The van der Waals surface area contributed by atoms with E-state index in [4.69, 9.17) is 11.5 Å². The predicted octanol–water partition coefficient (Wildman–Crippen LogP) is 2.22. The van der Waals surface area contributed by atoms with Crippen molar-refractivity contribution in [1.82, 2.24) is 0 Å². The Morgan fingerprint density at radius 1 is 0.778 bits per heavy atom. The Kier molecular flexibility index (Phi) is 3.11. The lowest BCUT2D eigenvalue weighted by Gasteiger charge is -2.26. The third-order valence-corrected chi connectivity index (χ3v) is 2.73. The van der Waals surface area contributed by atoms with Crippen molar-refractivity contribution in [2.45, 2.75) is 5.66 Å². The highest BCUT2D eigenvalue weighted by atomic mass is 19.2. The fourth-order valence-corrected chi connectivity index (χ4v) is 1.71.